The fourth-order valence-corrected chi connectivity index (χ4v) is 3.31. The van der Waals surface area contributed by atoms with Gasteiger partial charge in [0.1, 0.15) is 6.33 Å². The fraction of sp³-hybridized carbons (Fsp3) is 0.111. The number of carbonyl (C=O) groups excluding carboxylic acids is 1. The van der Waals surface area contributed by atoms with Crippen molar-refractivity contribution in [3.63, 3.8) is 0 Å². The molecular weight excluding hydrogens is 387 g/mol. The third-order valence-electron chi connectivity index (χ3n) is 4.21. The molecule has 136 valence electrons. The summed E-state index contributed by atoms with van der Waals surface area (Å²) in [5.74, 6) is -0.260. The van der Waals surface area contributed by atoms with E-state index in [-0.39, 0.29) is 5.91 Å². The number of hydrogen-bond acceptors (Lipinski definition) is 4. The third kappa shape index (κ3) is 3.51. The summed E-state index contributed by atoms with van der Waals surface area (Å²) in [5, 5.41) is 16.0. The number of nitrogens with one attached hydrogen (secondary N) is 1. The molecule has 0 fully saturated rings. The second-order valence-corrected chi connectivity index (χ2v) is 6.67. The van der Waals surface area contributed by atoms with E-state index in [2.05, 4.69) is 20.8 Å². The summed E-state index contributed by atoms with van der Waals surface area (Å²) < 4.78 is 3.50. The predicted molar refractivity (Wildman–Crippen MR) is 103 cm³/mol. The van der Waals surface area contributed by atoms with E-state index in [4.69, 9.17) is 23.2 Å². The van der Waals surface area contributed by atoms with Crippen LogP contribution in [0.1, 0.15) is 10.4 Å². The highest BCUT2D eigenvalue weighted by atomic mass is 35.5. The molecular formula is C18H14Cl2N6O. The third-order valence-corrected chi connectivity index (χ3v) is 4.87. The zero-order valence-corrected chi connectivity index (χ0v) is 15.5. The second kappa shape index (κ2) is 7.38. The minimum absolute atomic E-state index is 0.260. The molecule has 4 aromatic rings. The number of benzene rings is 2. The molecule has 0 unspecified atom stereocenters. The van der Waals surface area contributed by atoms with Gasteiger partial charge in [0, 0.05) is 35.2 Å². The van der Waals surface area contributed by atoms with Crippen molar-refractivity contribution in [3.05, 3.63) is 70.6 Å². The lowest BCUT2D eigenvalue weighted by molar-refractivity contribution is 0.0952. The van der Waals surface area contributed by atoms with E-state index in [0.29, 0.717) is 34.4 Å². The molecule has 0 saturated heterocycles. The second-order valence-electron chi connectivity index (χ2n) is 5.86. The lowest BCUT2D eigenvalue weighted by atomic mass is 10.2. The Bertz CT molecular complexity index is 1110. The molecule has 1 N–H and O–H groups in total. The number of carbonyl (C=O) groups is 1. The molecule has 0 bridgehead atoms. The molecule has 4 rings (SSSR count). The Balaban J connectivity index is 1.46. The van der Waals surface area contributed by atoms with Gasteiger partial charge in [-0.15, -0.1) is 5.10 Å². The summed E-state index contributed by atoms with van der Waals surface area (Å²) in [6.45, 7) is 1.06. The number of nitrogens with zero attached hydrogens (tertiary/aromatic N) is 5. The van der Waals surface area contributed by atoms with E-state index >= 15 is 0 Å². The monoisotopic (exact) mass is 400 g/mol. The molecule has 9 heteroatoms. The molecule has 0 aliphatic carbocycles. The Labute approximate surface area is 164 Å². The lowest BCUT2D eigenvalue weighted by Gasteiger charge is -2.10. The number of fused-ring (bicyclic) bond motifs is 1. The molecule has 7 nitrogen and oxygen atoms in total. The highest BCUT2D eigenvalue weighted by Crippen LogP contribution is 2.24. The zero-order valence-electron chi connectivity index (χ0n) is 14.0. The van der Waals surface area contributed by atoms with Crippen LogP contribution >= 0.6 is 23.2 Å². The SMILES string of the molecule is O=C(NCCn1ccc2c(Cl)cccc21)c1cc(-n2cnnn2)ccc1Cl. The molecule has 1 amide bonds. The van der Waals surface area contributed by atoms with Gasteiger partial charge < -0.3 is 9.88 Å². The van der Waals surface area contributed by atoms with Crippen molar-refractivity contribution in [2.24, 2.45) is 0 Å². The summed E-state index contributed by atoms with van der Waals surface area (Å²) in [7, 11) is 0. The van der Waals surface area contributed by atoms with Crippen LogP contribution in [0, 0.1) is 0 Å². The topological polar surface area (TPSA) is 77.6 Å². The number of amides is 1. The van der Waals surface area contributed by atoms with E-state index in [1.165, 1.54) is 11.0 Å². The van der Waals surface area contributed by atoms with Crippen molar-refractivity contribution in [2.45, 2.75) is 6.54 Å². The molecule has 0 spiro atoms. The Kier molecular flexibility index (Phi) is 4.79. The maximum absolute atomic E-state index is 12.5. The first-order valence-corrected chi connectivity index (χ1v) is 8.93. The van der Waals surface area contributed by atoms with Crippen molar-refractivity contribution in [1.29, 1.82) is 0 Å². The molecule has 2 aromatic carbocycles. The Morgan fingerprint density at radius 1 is 1.11 bits per heavy atom. The van der Waals surface area contributed by atoms with E-state index in [0.717, 1.165) is 10.9 Å². The standard InChI is InChI=1S/C18H14Cl2N6O/c19-15-2-1-3-17-13(15)6-8-25(17)9-7-21-18(27)14-10-12(4-5-16(14)20)26-11-22-23-24-26/h1-6,8,10-11H,7,9H2,(H,21,27). The maximum atomic E-state index is 12.5. The molecule has 0 saturated carbocycles. The molecule has 0 aliphatic heterocycles. The van der Waals surface area contributed by atoms with Gasteiger partial charge in [-0.05, 0) is 46.8 Å². The first-order chi connectivity index (χ1) is 13.1. The van der Waals surface area contributed by atoms with Crippen molar-refractivity contribution in [2.75, 3.05) is 6.54 Å². The van der Waals surface area contributed by atoms with E-state index in [1.54, 1.807) is 18.2 Å². The van der Waals surface area contributed by atoms with Crippen molar-refractivity contribution >= 4 is 40.0 Å². The fourth-order valence-electron chi connectivity index (χ4n) is 2.88. The summed E-state index contributed by atoms with van der Waals surface area (Å²) in [4.78, 5) is 12.5. The Morgan fingerprint density at radius 3 is 2.81 bits per heavy atom. The minimum atomic E-state index is -0.260. The first kappa shape index (κ1) is 17.5. The average molecular weight is 401 g/mol. The van der Waals surface area contributed by atoms with Crippen LogP contribution in [0.5, 0.6) is 0 Å². The summed E-state index contributed by atoms with van der Waals surface area (Å²) in [6, 6.07) is 12.8. The van der Waals surface area contributed by atoms with Gasteiger partial charge in [-0.2, -0.15) is 0 Å². The van der Waals surface area contributed by atoms with Gasteiger partial charge >= 0.3 is 0 Å². The minimum Gasteiger partial charge on any atom is -0.350 e. The lowest BCUT2D eigenvalue weighted by Crippen LogP contribution is -2.27. The van der Waals surface area contributed by atoms with Gasteiger partial charge in [0.05, 0.1) is 16.3 Å². The van der Waals surface area contributed by atoms with Gasteiger partial charge in [0.2, 0.25) is 0 Å². The summed E-state index contributed by atoms with van der Waals surface area (Å²) in [5.41, 5.74) is 2.04. The van der Waals surface area contributed by atoms with Gasteiger partial charge in [-0.25, -0.2) is 4.68 Å². The highest BCUT2D eigenvalue weighted by Gasteiger charge is 2.12. The predicted octanol–water partition coefficient (Wildman–Crippen LogP) is 3.35. The number of halogens is 2. The van der Waals surface area contributed by atoms with Crippen LogP contribution in [-0.2, 0) is 6.54 Å². The zero-order chi connectivity index (χ0) is 18.8. The van der Waals surface area contributed by atoms with Crippen LogP contribution in [-0.4, -0.2) is 37.2 Å². The normalized spacial score (nSPS) is 11.0. The number of hydrogen-bond donors (Lipinski definition) is 1. The number of rotatable bonds is 5. The Hall–Kier alpha value is -2.90. The summed E-state index contributed by atoms with van der Waals surface area (Å²) in [6.07, 6.45) is 3.40. The van der Waals surface area contributed by atoms with Crippen LogP contribution in [0.4, 0.5) is 0 Å². The molecule has 27 heavy (non-hydrogen) atoms. The molecule has 0 radical (unpaired) electrons. The Morgan fingerprint density at radius 2 is 2.00 bits per heavy atom. The molecule has 2 heterocycles. The van der Waals surface area contributed by atoms with Crippen LogP contribution in [0.15, 0.2) is 55.0 Å². The maximum Gasteiger partial charge on any atom is 0.252 e. The van der Waals surface area contributed by atoms with Crippen LogP contribution in [0.25, 0.3) is 16.6 Å². The van der Waals surface area contributed by atoms with Crippen molar-refractivity contribution in [3.8, 4) is 5.69 Å². The molecule has 2 aromatic heterocycles. The first-order valence-electron chi connectivity index (χ1n) is 8.18. The van der Waals surface area contributed by atoms with E-state index in [1.807, 2.05) is 35.0 Å². The van der Waals surface area contributed by atoms with Crippen LogP contribution in [0.2, 0.25) is 10.0 Å². The average Bonchev–Trinajstić information content (AvgIpc) is 3.33. The number of aromatic nitrogens is 5. The van der Waals surface area contributed by atoms with Gasteiger partial charge in [-0.3, -0.25) is 4.79 Å². The largest absolute Gasteiger partial charge is 0.350 e. The van der Waals surface area contributed by atoms with Crippen molar-refractivity contribution < 1.29 is 4.79 Å². The van der Waals surface area contributed by atoms with Crippen LogP contribution in [0.3, 0.4) is 0 Å². The molecule has 0 atom stereocenters. The highest BCUT2D eigenvalue weighted by molar-refractivity contribution is 6.35. The summed E-state index contributed by atoms with van der Waals surface area (Å²) >= 11 is 12.4. The van der Waals surface area contributed by atoms with Gasteiger partial charge in [0.25, 0.3) is 5.91 Å². The quantitative estimate of drug-likeness (QED) is 0.557. The van der Waals surface area contributed by atoms with E-state index in [9.17, 15) is 4.79 Å². The molecule has 0 aliphatic rings. The van der Waals surface area contributed by atoms with Crippen molar-refractivity contribution in [1.82, 2.24) is 30.1 Å². The van der Waals surface area contributed by atoms with Crippen LogP contribution < -0.4 is 5.32 Å². The van der Waals surface area contributed by atoms with Gasteiger partial charge in [0.15, 0.2) is 0 Å². The van der Waals surface area contributed by atoms with Gasteiger partial charge in [-0.1, -0.05) is 29.3 Å². The van der Waals surface area contributed by atoms with E-state index < -0.39 is 0 Å². The smallest absolute Gasteiger partial charge is 0.252 e. The number of tetrazole rings is 1.